The number of unbranched alkanes of at least 4 members (excludes halogenated alkanes) is 14. The Labute approximate surface area is 253 Å². The van der Waals surface area contributed by atoms with Crippen molar-refractivity contribution in [3.05, 3.63) is 60.4 Å². The van der Waals surface area contributed by atoms with Crippen molar-refractivity contribution in [2.45, 2.75) is 117 Å². The highest BCUT2D eigenvalue weighted by molar-refractivity contribution is 5.88. The number of esters is 1. The van der Waals surface area contributed by atoms with Gasteiger partial charge in [0, 0.05) is 0 Å². The molecule has 0 fully saturated rings. The number of rotatable bonds is 23. The first-order valence-corrected chi connectivity index (χ1v) is 16.3. The van der Waals surface area contributed by atoms with Crippen molar-refractivity contribution in [3.8, 4) is 22.9 Å². The Hall–Kier alpha value is -3.35. The van der Waals surface area contributed by atoms with Crippen LogP contribution in [0.5, 0.6) is 17.2 Å². The predicted octanol–water partition coefficient (Wildman–Crippen LogP) is 9.53. The van der Waals surface area contributed by atoms with Crippen molar-refractivity contribution in [1.82, 2.24) is 15.0 Å². The molecule has 0 radical (unpaired) electrons. The van der Waals surface area contributed by atoms with E-state index in [4.69, 9.17) is 14.2 Å². The Morgan fingerprint density at radius 2 is 1.02 bits per heavy atom. The Morgan fingerprint density at radius 1 is 0.595 bits per heavy atom. The van der Waals surface area contributed by atoms with Crippen LogP contribution < -0.4 is 14.2 Å². The number of hydrogen-bond acceptors (Lipinski definition) is 6. The molecule has 0 saturated heterocycles. The lowest BCUT2D eigenvalue weighted by atomic mass is 10.1. The molecule has 230 valence electrons. The zero-order valence-electron chi connectivity index (χ0n) is 25.9. The average Bonchev–Trinajstić information content (AvgIpc) is 3.51. The number of ether oxygens (including phenoxy) is 3. The number of benzene rings is 2. The zero-order valence-corrected chi connectivity index (χ0v) is 25.9. The molecular weight excluding hydrogens is 526 g/mol. The van der Waals surface area contributed by atoms with E-state index in [0.29, 0.717) is 12.4 Å². The fraction of sp³-hybridized carbons (Fsp3) is 0.571. The summed E-state index contributed by atoms with van der Waals surface area (Å²) in [6.45, 7) is 5.92. The summed E-state index contributed by atoms with van der Waals surface area (Å²) in [7, 11) is 0. The van der Waals surface area contributed by atoms with Crippen molar-refractivity contribution in [1.29, 1.82) is 0 Å². The summed E-state index contributed by atoms with van der Waals surface area (Å²) in [5, 5.41) is 8.09. The Balaban J connectivity index is 1.32. The zero-order chi connectivity index (χ0) is 29.7. The van der Waals surface area contributed by atoms with Crippen LogP contribution >= 0.6 is 0 Å². The molecule has 2 aromatic carbocycles. The molecule has 0 amide bonds. The molecule has 1 aromatic heterocycles. The Bertz CT molecular complexity index is 1110. The molecule has 0 aliphatic rings. The number of carbonyl (C=O) groups is 1. The molecule has 3 rings (SSSR count). The molecule has 0 atom stereocenters. The van der Waals surface area contributed by atoms with Crippen LogP contribution in [-0.4, -0.2) is 34.2 Å². The van der Waals surface area contributed by atoms with E-state index in [2.05, 4.69) is 24.2 Å². The smallest absolute Gasteiger partial charge is 0.365 e. The van der Waals surface area contributed by atoms with Crippen LogP contribution in [0.4, 0.5) is 0 Å². The highest BCUT2D eigenvalue weighted by atomic mass is 16.5. The first-order chi connectivity index (χ1) is 20.7. The highest BCUT2D eigenvalue weighted by Gasteiger charge is 2.14. The summed E-state index contributed by atoms with van der Waals surface area (Å²) in [5.74, 6) is 1.48. The average molecular weight is 578 g/mol. The van der Waals surface area contributed by atoms with Crippen LogP contribution in [0.25, 0.3) is 5.69 Å². The molecule has 0 aliphatic heterocycles. The number of nitrogens with zero attached hydrogens (tertiary/aromatic N) is 3. The normalized spacial score (nSPS) is 11.0. The minimum atomic E-state index is -0.556. The molecule has 0 aliphatic carbocycles. The predicted molar refractivity (Wildman–Crippen MR) is 169 cm³/mol. The summed E-state index contributed by atoms with van der Waals surface area (Å²) in [6, 6.07) is 14.7. The van der Waals surface area contributed by atoms with Crippen molar-refractivity contribution in [3.63, 3.8) is 0 Å². The highest BCUT2D eigenvalue weighted by Crippen LogP contribution is 2.20. The number of carbonyl (C=O) groups excluding carboxylic acids is 1. The lowest BCUT2D eigenvalue weighted by Gasteiger charge is -2.08. The van der Waals surface area contributed by atoms with Gasteiger partial charge in [0.05, 0.1) is 25.1 Å². The van der Waals surface area contributed by atoms with Gasteiger partial charge in [-0.15, -0.1) is 5.10 Å². The molecule has 0 saturated carbocycles. The van der Waals surface area contributed by atoms with Gasteiger partial charge in [0.1, 0.15) is 17.2 Å². The lowest BCUT2D eigenvalue weighted by molar-refractivity contribution is 0.0728. The second kappa shape index (κ2) is 20.5. The third-order valence-electron chi connectivity index (χ3n) is 7.37. The van der Waals surface area contributed by atoms with Crippen LogP contribution in [0, 0.1) is 0 Å². The summed E-state index contributed by atoms with van der Waals surface area (Å²) in [6.07, 6.45) is 22.0. The van der Waals surface area contributed by atoms with Gasteiger partial charge in [-0.3, -0.25) is 0 Å². The summed E-state index contributed by atoms with van der Waals surface area (Å²) in [4.78, 5) is 12.6. The minimum absolute atomic E-state index is 0.139. The van der Waals surface area contributed by atoms with E-state index in [1.165, 1.54) is 89.9 Å². The maximum atomic E-state index is 12.6. The van der Waals surface area contributed by atoms with Gasteiger partial charge in [-0.25, -0.2) is 9.48 Å². The van der Waals surface area contributed by atoms with Crippen molar-refractivity contribution in [2.24, 2.45) is 0 Å². The molecular formula is C35H51N3O4. The topological polar surface area (TPSA) is 75.5 Å². The summed E-state index contributed by atoms with van der Waals surface area (Å²) in [5.41, 5.74) is 0.930. The third kappa shape index (κ3) is 13.1. The quantitative estimate of drug-likeness (QED) is 0.0634. The maximum absolute atomic E-state index is 12.6. The van der Waals surface area contributed by atoms with E-state index in [1.54, 1.807) is 23.0 Å². The van der Waals surface area contributed by atoms with Gasteiger partial charge in [0.15, 0.2) is 5.69 Å². The molecule has 7 nitrogen and oxygen atoms in total. The fourth-order valence-electron chi connectivity index (χ4n) is 4.79. The van der Waals surface area contributed by atoms with Crippen LogP contribution in [0.1, 0.15) is 127 Å². The van der Waals surface area contributed by atoms with Gasteiger partial charge >= 0.3 is 5.97 Å². The number of aromatic nitrogens is 3. The summed E-state index contributed by atoms with van der Waals surface area (Å²) < 4.78 is 18.8. The lowest BCUT2D eigenvalue weighted by Crippen LogP contribution is -2.09. The van der Waals surface area contributed by atoms with Crippen molar-refractivity contribution < 1.29 is 19.0 Å². The molecule has 3 aromatic rings. The van der Waals surface area contributed by atoms with Crippen molar-refractivity contribution in [2.75, 3.05) is 13.2 Å². The van der Waals surface area contributed by atoms with E-state index in [0.717, 1.165) is 36.6 Å². The van der Waals surface area contributed by atoms with E-state index in [9.17, 15) is 4.79 Å². The number of hydrogen-bond donors (Lipinski definition) is 0. The standard InChI is InChI=1S/C35H51N3O4/c1-3-5-7-9-11-13-15-17-27-40-31-21-19-30(20-22-31)38-29-34(36-37-38)35(39)42-33-25-23-32(24-26-33)41-28-18-16-14-12-10-8-6-4-2/h19-26,29H,3-18,27-28H2,1-2H3. The van der Waals surface area contributed by atoms with E-state index >= 15 is 0 Å². The molecule has 1 heterocycles. The second-order valence-corrected chi connectivity index (χ2v) is 11.0. The van der Waals surface area contributed by atoms with E-state index < -0.39 is 5.97 Å². The van der Waals surface area contributed by atoms with Crippen LogP contribution in [0.15, 0.2) is 54.7 Å². The fourth-order valence-corrected chi connectivity index (χ4v) is 4.79. The van der Waals surface area contributed by atoms with Crippen molar-refractivity contribution >= 4 is 5.97 Å². The molecule has 0 bridgehead atoms. The van der Waals surface area contributed by atoms with Crippen LogP contribution in [0.2, 0.25) is 0 Å². The van der Waals surface area contributed by atoms with E-state index in [-0.39, 0.29) is 5.69 Å². The van der Waals surface area contributed by atoms with Gasteiger partial charge in [-0.2, -0.15) is 0 Å². The van der Waals surface area contributed by atoms with Gasteiger partial charge in [0.2, 0.25) is 0 Å². The molecule has 42 heavy (non-hydrogen) atoms. The summed E-state index contributed by atoms with van der Waals surface area (Å²) >= 11 is 0. The SMILES string of the molecule is CCCCCCCCCCOc1ccc(OC(=O)c2cn(-c3ccc(OCCCCCCCCCC)cc3)nn2)cc1. The Kier molecular flexibility index (Phi) is 16.2. The van der Waals surface area contributed by atoms with Crippen LogP contribution in [0.3, 0.4) is 0 Å². The minimum Gasteiger partial charge on any atom is -0.494 e. The molecule has 7 heteroatoms. The first kappa shape index (κ1) is 33.2. The first-order valence-electron chi connectivity index (χ1n) is 16.3. The van der Waals surface area contributed by atoms with Gasteiger partial charge < -0.3 is 14.2 Å². The van der Waals surface area contributed by atoms with Gasteiger partial charge in [0.25, 0.3) is 0 Å². The van der Waals surface area contributed by atoms with Crippen LogP contribution in [-0.2, 0) is 0 Å². The van der Waals surface area contributed by atoms with E-state index in [1.807, 2.05) is 36.4 Å². The third-order valence-corrected chi connectivity index (χ3v) is 7.37. The van der Waals surface area contributed by atoms with Gasteiger partial charge in [-0.1, -0.05) is 109 Å². The largest absolute Gasteiger partial charge is 0.494 e. The maximum Gasteiger partial charge on any atom is 0.365 e. The second-order valence-electron chi connectivity index (χ2n) is 11.0. The monoisotopic (exact) mass is 577 g/mol. The Morgan fingerprint density at radius 3 is 1.52 bits per heavy atom. The molecule has 0 N–H and O–H groups in total. The van der Waals surface area contributed by atoms with Gasteiger partial charge in [-0.05, 0) is 61.4 Å². The molecule has 0 unspecified atom stereocenters. The molecule has 0 spiro atoms.